The van der Waals surface area contributed by atoms with E-state index in [1.54, 1.807) is 6.07 Å². The molecule has 0 unspecified atom stereocenters. The van der Waals surface area contributed by atoms with Gasteiger partial charge in [0, 0.05) is 36.6 Å². The van der Waals surface area contributed by atoms with Crippen molar-refractivity contribution in [3.63, 3.8) is 0 Å². The predicted molar refractivity (Wildman–Crippen MR) is 91.7 cm³/mol. The first kappa shape index (κ1) is 15.7. The third-order valence-electron chi connectivity index (χ3n) is 4.06. The van der Waals surface area contributed by atoms with Crippen LogP contribution in [-0.2, 0) is 0 Å². The standard InChI is InChI=1S/C17H19N3O2S/c1-19-8-10-20(11-9-19)17(22)13-4-2-12(3-5-13)14-6-7-15(23-14)16(18)21/h2-7H,8-11H2,1H3,(H2,18,21). The van der Waals surface area contributed by atoms with Crippen LogP contribution in [0.15, 0.2) is 36.4 Å². The molecule has 1 aromatic heterocycles. The van der Waals surface area contributed by atoms with Crippen LogP contribution in [0.2, 0.25) is 0 Å². The van der Waals surface area contributed by atoms with Gasteiger partial charge in [0.05, 0.1) is 4.88 Å². The summed E-state index contributed by atoms with van der Waals surface area (Å²) >= 11 is 1.36. The molecular weight excluding hydrogens is 310 g/mol. The average molecular weight is 329 g/mol. The minimum atomic E-state index is -0.414. The Morgan fingerprint density at radius 2 is 1.65 bits per heavy atom. The van der Waals surface area contributed by atoms with E-state index in [9.17, 15) is 9.59 Å². The van der Waals surface area contributed by atoms with Crippen LogP contribution in [0.5, 0.6) is 0 Å². The lowest BCUT2D eigenvalue weighted by molar-refractivity contribution is 0.0664. The summed E-state index contributed by atoms with van der Waals surface area (Å²) in [6.45, 7) is 3.36. The average Bonchev–Trinajstić information content (AvgIpc) is 3.05. The van der Waals surface area contributed by atoms with Crippen LogP contribution in [-0.4, -0.2) is 54.8 Å². The first-order chi connectivity index (χ1) is 11.0. The fourth-order valence-electron chi connectivity index (χ4n) is 2.59. The van der Waals surface area contributed by atoms with Crippen molar-refractivity contribution in [2.24, 2.45) is 5.73 Å². The van der Waals surface area contributed by atoms with E-state index < -0.39 is 5.91 Å². The van der Waals surface area contributed by atoms with Crippen LogP contribution in [0, 0.1) is 0 Å². The number of carbonyl (C=O) groups is 2. The van der Waals surface area contributed by atoms with Crippen molar-refractivity contribution in [2.45, 2.75) is 0 Å². The molecule has 0 radical (unpaired) electrons. The molecule has 1 aliphatic rings. The Balaban J connectivity index is 1.73. The number of nitrogens with two attached hydrogens (primary N) is 1. The van der Waals surface area contributed by atoms with Crippen molar-refractivity contribution in [3.05, 3.63) is 46.8 Å². The lowest BCUT2D eigenvalue weighted by Gasteiger charge is -2.32. The summed E-state index contributed by atoms with van der Waals surface area (Å²) in [5, 5.41) is 0. The molecule has 2 aromatic rings. The number of nitrogens with zero attached hydrogens (tertiary/aromatic N) is 2. The molecule has 0 aliphatic carbocycles. The number of carbonyl (C=O) groups excluding carboxylic acids is 2. The number of benzene rings is 1. The number of primary amides is 1. The van der Waals surface area contributed by atoms with Crippen molar-refractivity contribution < 1.29 is 9.59 Å². The summed E-state index contributed by atoms with van der Waals surface area (Å²) in [4.78, 5) is 29.3. The van der Waals surface area contributed by atoms with E-state index in [1.807, 2.05) is 35.2 Å². The Bertz CT molecular complexity index is 716. The second kappa shape index (κ2) is 6.52. The van der Waals surface area contributed by atoms with Gasteiger partial charge < -0.3 is 15.5 Å². The van der Waals surface area contributed by atoms with E-state index in [2.05, 4.69) is 11.9 Å². The quantitative estimate of drug-likeness (QED) is 0.935. The van der Waals surface area contributed by atoms with Crippen LogP contribution in [0.4, 0.5) is 0 Å². The van der Waals surface area contributed by atoms with Gasteiger partial charge in [-0.3, -0.25) is 9.59 Å². The van der Waals surface area contributed by atoms with E-state index in [0.717, 1.165) is 36.6 Å². The summed E-state index contributed by atoms with van der Waals surface area (Å²) in [6, 6.07) is 11.1. The first-order valence-electron chi connectivity index (χ1n) is 7.52. The van der Waals surface area contributed by atoms with Crippen molar-refractivity contribution >= 4 is 23.2 Å². The third-order valence-corrected chi connectivity index (χ3v) is 5.20. The van der Waals surface area contributed by atoms with Gasteiger partial charge in [-0.15, -0.1) is 11.3 Å². The van der Waals surface area contributed by atoms with E-state index in [4.69, 9.17) is 5.73 Å². The Morgan fingerprint density at radius 3 is 2.22 bits per heavy atom. The number of amides is 2. The van der Waals surface area contributed by atoms with Gasteiger partial charge in [0.15, 0.2) is 0 Å². The molecule has 0 saturated carbocycles. The van der Waals surface area contributed by atoms with Crippen LogP contribution in [0.3, 0.4) is 0 Å². The van der Waals surface area contributed by atoms with Crippen molar-refractivity contribution in [1.29, 1.82) is 0 Å². The predicted octanol–water partition coefficient (Wildman–Crippen LogP) is 1.90. The highest BCUT2D eigenvalue weighted by atomic mass is 32.1. The topological polar surface area (TPSA) is 66.6 Å². The number of hydrogen-bond acceptors (Lipinski definition) is 4. The molecule has 23 heavy (non-hydrogen) atoms. The minimum absolute atomic E-state index is 0.0775. The van der Waals surface area contributed by atoms with Gasteiger partial charge >= 0.3 is 0 Å². The normalized spacial score (nSPS) is 15.6. The van der Waals surface area contributed by atoms with Crippen molar-refractivity contribution in [3.8, 4) is 10.4 Å². The summed E-state index contributed by atoms with van der Waals surface area (Å²) in [5.41, 5.74) is 6.96. The summed E-state index contributed by atoms with van der Waals surface area (Å²) in [6.07, 6.45) is 0. The number of likely N-dealkylation sites (N-methyl/N-ethyl adjacent to an activating group) is 1. The second-order valence-corrected chi connectivity index (χ2v) is 6.78. The Kier molecular flexibility index (Phi) is 4.45. The Hall–Kier alpha value is -2.18. The molecule has 1 fully saturated rings. The van der Waals surface area contributed by atoms with Gasteiger partial charge in [0.2, 0.25) is 0 Å². The van der Waals surface area contributed by atoms with Crippen molar-refractivity contribution in [2.75, 3.05) is 33.2 Å². The zero-order valence-corrected chi connectivity index (χ0v) is 13.8. The SMILES string of the molecule is CN1CCN(C(=O)c2ccc(-c3ccc(C(N)=O)s3)cc2)CC1. The highest BCUT2D eigenvalue weighted by Gasteiger charge is 2.20. The van der Waals surface area contributed by atoms with Gasteiger partial charge in [-0.05, 0) is 36.9 Å². The zero-order valence-electron chi connectivity index (χ0n) is 13.0. The fourth-order valence-corrected chi connectivity index (χ4v) is 3.46. The number of rotatable bonds is 3. The van der Waals surface area contributed by atoms with Crippen LogP contribution < -0.4 is 5.73 Å². The smallest absolute Gasteiger partial charge is 0.258 e. The molecule has 0 spiro atoms. The molecule has 1 saturated heterocycles. The maximum absolute atomic E-state index is 12.5. The lowest BCUT2D eigenvalue weighted by Crippen LogP contribution is -2.47. The second-order valence-electron chi connectivity index (χ2n) is 5.70. The molecule has 0 atom stereocenters. The Morgan fingerprint density at radius 1 is 1.00 bits per heavy atom. The molecule has 120 valence electrons. The highest BCUT2D eigenvalue weighted by molar-refractivity contribution is 7.17. The molecule has 2 amide bonds. The molecule has 6 heteroatoms. The molecule has 3 rings (SSSR count). The number of thiophene rings is 1. The lowest BCUT2D eigenvalue weighted by atomic mass is 10.1. The van der Waals surface area contributed by atoms with Gasteiger partial charge in [0.1, 0.15) is 0 Å². The minimum Gasteiger partial charge on any atom is -0.365 e. The van der Waals surface area contributed by atoms with Gasteiger partial charge in [-0.25, -0.2) is 0 Å². The van der Waals surface area contributed by atoms with E-state index >= 15 is 0 Å². The Labute approximate surface area is 139 Å². The monoisotopic (exact) mass is 329 g/mol. The van der Waals surface area contributed by atoms with Crippen LogP contribution in [0.25, 0.3) is 10.4 Å². The molecule has 1 aliphatic heterocycles. The molecule has 5 nitrogen and oxygen atoms in total. The molecule has 0 bridgehead atoms. The molecule has 1 aromatic carbocycles. The largest absolute Gasteiger partial charge is 0.365 e. The first-order valence-corrected chi connectivity index (χ1v) is 8.34. The number of piperazine rings is 1. The highest BCUT2D eigenvalue weighted by Crippen LogP contribution is 2.28. The summed E-state index contributed by atoms with van der Waals surface area (Å²) in [7, 11) is 2.07. The molecular formula is C17H19N3O2S. The molecule has 2 N–H and O–H groups in total. The maximum Gasteiger partial charge on any atom is 0.258 e. The zero-order chi connectivity index (χ0) is 16.4. The number of hydrogen-bond donors (Lipinski definition) is 1. The third kappa shape index (κ3) is 3.43. The fraction of sp³-hybridized carbons (Fsp3) is 0.294. The van der Waals surface area contributed by atoms with Crippen molar-refractivity contribution in [1.82, 2.24) is 9.80 Å². The van der Waals surface area contributed by atoms with E-state index in [0.29, 0.717) is 10.4 Å². The maximum atomic E-state index is 12.5. The summed E-state index contributed by atoms with van der Waals surface area (Å²) in [5.74, 6) is -0.336. The van der Waals surface area contributed by atoms with Gasteiger partial charge in [-0.2, -0.15) is 0 Å². The van der Waals surface area contributed by atoms with Gasteiger partial charge in [0.25, 0.3) is 11.8 Å². The van der Waals surface area contributed by atoms with Gasteiger partial charge in [-0.1, -0.05) is 12.1 Å². The van der Waals surface area contributed by atoms with Crippen LogP contribution >= 0.6 is 11.3 Å². The van der Waals surface area contributed by atoms with Crippen LogP contribution in [0.1, 0.15) is 20.0 Å². The van der Waals surface area contributed by atoms with E-state index in [-0.39, 0.29) is 5.91 Å². The molecule has 2 heterocycles. The van der Waals surface area contributed by atoms with E-state index in [1.165, 1.54) is 11.3 Å². The summed E-state index contributed by atoms with van der Waals surface area (Å²) < 4.78 is 0.